The summed E-state index contributed by atoms with van der Waals surface area (Å²) in [5, 5.41) is 40.6. The summed E-state index contributed by atoms with van der Waals surface area (Å²) in [6.45, 7) is 1.60. The topological polar surface area (TPSA) is 90.2 Å². The van der Waals surface area contributed by atoms with Gasteiger partial charge in [-0.25, -0.2) is 0 Å². The molecule has 5 atom stereocenters. The second-order valence-corrected chi connectivity index (χ2v) is 8.75. The fourth-order valence-corrected chi connectivity index (χ4v) is 4.25. The Morgan fingerprint density at radius 1 is 0.812 bits per heavy atom. The second kappa shape index (κ2) is 9.71. The molecular weight excluding hydrogens is 428 g/mol. The van der Waals surface area contributed by atoms with Gasteiger partial charge in [0, 0.05) is 5.02 Å². The van der Waals surface area contributed by atoms with Crippen LogP contribution < -0.4 is 0 Å². The molecule has 0 bridgehead atoms. The number of rotatable bonds is 5. The van der Waals surface area contributed by atoms with Gasteiger partial charge in [-0.2, -0.15) is 0 Å². The standard InChI is InChI=1S/C26H27ClO5/c1-15-2-6-17(7-3-15)18-8-4-16(5-9-18)12-20-13-19(10-11-21(20)27)26-25(31)24(30)23(29)22(14-28)32-26/h2-11,13,22-26,28-31H,12,14H2,1H3. The molecule has 0 spiro atoms. The van der Waals surface area contributed by atoms with Crippen molar-refractivity contribution in [3.63, 3.8) is 0 Å². The lowest BCUT2D eigenvalue weighted by molar-refractivity contribution is -0.231. The van der Waals surface area contributed by atoms with Gasteiger partial charge in [0.1, 0.15) is 30.5 Å². The Morgan fingerprint density at radius 3 is 2.06 bits per heavy atom. The zero-order chi connectivity index (χ0) is 22.8. The van der Waals surface area contributed by atoms with Gasteiger partial charge < -0.3 is 25.2 Å². The quantitative estimate of drug-likeness (QED) is 0.474. The first-order valence-electron chi connectivity index (χ1n) is 10.6. The van der Waals surface area contributed by atoms with Gasteiger partial charge in [-0.05, 0) is 47.2 Å². The summed E-state index contributed by atoms with van der Waals surface area (Å²) in [4.78, 5) is 0. The molecule has 0 aliphatic carbocycles. The summed E-state index contributed by atoms with van der Waals surface area (Å²) in [6, 6.07) is 22.0. The normalized spacial score (nSPS) is 25.6. The van der Waals surface area contributed by atoms with Gasteiger partial charge in [-0.3, -0.25) is 0 Å². The highest BCUT2D eigenvalue weighted by molar-refractivity contribution is 6.31. The Morgan fingerprint density at radius 2 is 1.44 bits per heavy atom. The number of aliphatic hydroxyl groups excluding tert-OH is 4. The van der Waals surface area contributed by atoms with E-state index >= 15 is 0 Å². The molecule has 0 radical (unpaired) electrons. The van der Waals surface area contributed by atoms with Crippen molar-refractivity contribution in [1.82, 2.24) is 0 Å². The molecule has 1 saturated heterocycles. The van der Waals surface area contributed by atoms with E-state index in [1.165, 1.54) is 5.56 Å². The van der Waals surface area contributed by atoms with E-state index in [4.69, 9.17) is 16.3 Å². The highest BCUT2D eigenvalue weighted by Crippen LogP contribution is 2.34. The summed E-state index contributed by atoms with van der Waals surface area (Å²) in [5.74, 6) is 0. The molecule has 6 heteroatoms. The maximum atomic E-state index is 10.4. The number of halogens is 1. The summed E-state index contributed by atoms with van der Waals surface area (Å²) >= 11 is 6.44. The Bertz CT molecular complexity index is 1050. The third-order valence-electron chi connectivity index (χ3n) is 6.02. The van der Waals surface area contributed by atoms with Gasteiger partial charge in [0.15, 0.2) is 0 Å². The molecule has 5 nitrogen and oxygen atoms in total. The predicted octanol–water partition coefficient (Wildman–Crippen LogP) is 3.42. The first kappa shape index (κ1) is 22.9. The second-order valence-electron chi connectivity index (χ2n) is 8.34. The lowest BCUT2D eigenvalue weighted by Crippen LogP contribution is -2.55. The number of aryl methyl sites for hydroxylation is 1. The fraction of sp³-hybridized carbons (Fsp3) is 0.308. The minimum atomic E-state index is -1.42. The molecule has 3 aromatic rings. The number of aliphatic hydroxyl groups is 4. The van der Waals surface area contributed by atoms with Gasteiger partial charge in [-0.1, -0.05) is 77.8 Å². The number of ether oxygens (including phenoxy) is 1. The van der Waals surface area contributed by atoms with Gasteiger partial charge in [0.2, 0.25) is 0 Å². The highest BCUT2D eigenvalue weighted by Gasteiger charge is 2.44. The third-order valence-corrected chi connectivity index (χ3v) is 6.39. The minimum absolute atomic E-state index is 0.463. The highest BCUT2D eigenvalue weighted by atomic mass is 35.5. The van der Waals surface area contributed by atoms with Crippen LogP contribution in [-0.4, -0.2) is 51.4 Å². The number of hydrogen-bond acceptors (Lipinski definition) is 5. The van der Waals surface area contributed by atoms with Crippen molar-refractivity contribution in [2.75, 3.05) is 6.61 Å². The van der Waals surface area contributed by atoms with Gasteiger partial charge >= 0.3 is 0 Å². The first-order chi connectivity index (χ1) is 15.4. The van der Waals surface area contributed by atoms with Crippen LogP contribution in [0.25, 0.3) is 11.1 Å². The van der Waals surface area contributed by atoms with Crippen LogP contribution in [0, 0.1) is 6.92 Å². The molecule has 32 heavy (non-hydrogen) atoms. The SMILES string of the molecule is Cc1ccc(-c2ccc(Cc3cc(C4OC(CO)C(O)C(O)C4O)ccc3Cl)cc2)cc1. The number of hydrogen-bond donors (Lipinski definition) is 4. The molecule has 5 unspecified atom stereocenters. The van der Waals surface area contributed by atoms with Crippen molar-refractivity contribution in [1.29, 1.82) is 0 Å². The smallest absolute Gasteiger partial charge is 0.113 e. The van der Waals surface area contributed by atoms with Crippen molar-refractivity contribution in [3.05, 3.63) is 94.0 Å². The van der Waals surface area contributed by atoms with Crippen LogP contribution in [0.4, 0.5) is 0 Å². The summed E-state index contributed by atoms with van der Waals surface area (Å²) < 4.78 is 5.68. The molecule has 0 amide bonds. The van der Waals surface area contributed by atoms with Crippen LogP contribution in [0.1, 0.15) is 28.4 Å². The third kappa shape index (κ3) is 4.74. The van der Waals surface area contributed by atoms with Crippen LogP contribution in [0.5, 0.6) is 0 Å². The van der Waals surface area contributed by atoms with E-state index in [9.17, 15) is 20.4 Å². The van der Waals surface area contributed by atoms with Gasteiger partial charge in [0.05, 0.1) is 6.61 Å². The predicted molar refractivity (Wildman–Crippen MR) is 124 cm³/mol. The molecule has 4 rings (SSSR count). The molecule has 1 aliphatic heterocycles. The van der Waals surface area contributed by atoms with Crippen molar-refractivity contribution in [3.8, 4) is 11.1 Å². The molecule has 0 aromatic heterocycles. The molecule has 1 aliphatic rings. The molecule has 3 aromatic carbocycles. The maximum Gasteiger partial charge on any atom is 0.113 e. The maximum absolute atomic E-state index is 10.4. The van der Waals surface area contributed by atoms with Crippen molar-refractivity contribution >= 4 is 11.6 Å². The van der Waals surface area contributed by atoms with Gasteiger partial charge in [0.25, 0.3) is 0 Å². The van der Waals surface area contributed by atoms with Crippen molar-refractivity contribution in [2.45, 2.75) is 43.9 Å². The largest absolute Gasteiger partial charge is 0.394 e. The summed E-state index contributed by atoms with van der Waals surface area (Å²) in [7, 11) is 0. The van der Waals surface area contributed by atoms with E-state index in [-0.39, 0.29) is 0 Å². The molecule has 1 fully saturated rings. The molecular formula is C26H27ClO5. The van der Waals surface area contributed by atoms with Gasteiger partial charge in [-0.15, -0.1) is 0 Å². The van der Waals surface area contributed by atoms with Crippen molar-refractivity contribution < 1.29 is 25.2 Å². The van der Waals surface area contributed by atoms with Crippen LogP contribution >= 0.6 is 11.6 Å². The average Bonchev–Trinajstić information content (AvgIpc) is 2.80. The first-order valence-corrected chi connectivity index (χ1v) is 11.0. The summed E-state index contributed by atoms with van der Waals surface area (Å²) in [6.07, 6.45) is -5.38. The van der Waals surface area contributed by atoms with Crippen molar-refractivity contribution in [2.24, 2.45) is 0 Å². The zero-order valence-electron chi connectivity index (χ0n) is 17.7. The minimum Gasteiger partial charge on any atom is -0.394 e. The molecule has 0 saturated carbocycles. The Hall–Kier alpha value is -2.25. The molecule has 1 heterocycles. The van der Waals surface area contributed by atoms with E-state index in [2.05, 4.69) is 55.5 Å². The lowest BCUT2D eigenvalue weighted by atomic mass is 9.90. The molecule has 168 valence electrons. The number of benzene rings is 3. The van der Waals surface area contributed by atoms with E-state index in [0.29, 0.717) is 17.0 Å². The zero-order valence-corrected chi connectivity index (χ0v) is 18.5. The van der Waals surface area contributed by atoms with Crippen LogP contribution in [0.15, 0.2) is 66.7 Å². The Labute approximate surface area is 192 Å². The lowest BCUT2D eigenvalue weighted by Gasteiger charge is -2.40. The summed E-state index contributed by atoms with van der Waals surface area (Å²) in [5.41, 5.74) is 6.06. The van der Waals surface area contributed by atoms with Crippen LogP contribution in [0.3, 0.4) is 0 Å². The Kier molecular flexibility index (Phi) is 6.96. The fourth-order valence-electron chi connectivity index (χ4n) is 4.07. The van der Waals surface area contributed by atoms with E-state index in [1.807, 2.05) is 6.07 Å². The van der Waals surface area contributed by atoms with Crippen LogP contribution in [0.2, 0.25) is 5.02 Å². The Balaban J connectivity index is 1.55. The van der Waals surface area contributed by atoms with E-state index in [0.717, 1.165) is 22.3 Å². The van der Waals surface area contributed by atoms with E-state index < -0.39 is 37.1 Å². The van der Waals surface area contributed by atoms with E-state index in [1.54, 1.807) is 12.1 Å². The monoisotopic (exact) mass is 454 g/mol. The average molecular weight is 455 g/mol. The van der Waals surface area contributed by atoms with Crippen LogP contribution in [-0.2, 0) is 11.2 Å². The molecule has 4 N–H and O–H groups in total.